The summed E-state index contributed by atoms with van der Waals surface area (Å²) in [5.41, 5.74) is 7.26. The summed E-state index contributed by atoms with van der Waals surface area (Å²) in [6.07, 6.45) is 4.24. The van der Waals surface area contributed by atoms with Gasteiger partial charge >= 0.3 is 5.97 Å². The second-order valence-corrected chi connectivity index (χ2v) is 4.72. The quantitative estimate of drug-likeness (QED) is 0.719. The second-order valence-electron chi connectivity index (χ2n) is 4.72. The Morgan fingerprint density at radius 2 is 2.11 bits per heavy atom. The first-order valence-electron chi connectivity index (χ1n) is 6.06. The third-order valence-electron chi connectivity index (χ3n) is 3.18. The van der Waals surface area contributed by atoms with Gasteiger partial charge in [0, 0.05) is 11.7 Å². The molecule has 0 bridgehead atoms. The highest BCUT2D eigenvalue weighted by atomic mass is 16.4. The zero-order chi connectivity index (χ0) is 14.0. The molecule has 2 rings (SSSR count). The van der Waals surface area contributed by atoms with Gasteiger partial charge in [-0.1, -0.05) is 12.2 Å². The molecule has 1 aliphatic carbocycles. The second kappa shape index (κ2) is 5.24. The molecule has 1 amide bonds. The minimum atomic E-state index is -0.981. The van der Waals surface area contributed by atoms with Gasteiger partial charge in [-0.25, -0.2) is 4.79 Å². The summed E-state index contributed by atoms with van der Waals surface area (Å²) in [5.74, 6) is -1.31. The number of nitrogens with one attached hydrogen (secondary N) is 1. The molecule has 0 aliphatic heterocycles. The lowest BCUT2D eigenvalue weighted by Gasteiger charge is -2.12. The van der Waals surface area contributed by atoms with Crippen molar-refractivity contribution in [2.24, 2.45) is 11.7 Å². The van der Waals surface area contributed by atoms with Crippen molar-refractivity contribution >= 4 is 17.6 Å². The fourth-order valence-electron chi connectivity index (χ4n) is 2.08. The minimum Gasteiger partial charge on any atom is -0.478 e. The number of anilines is 1. The zero-order valence-electron chi connectivity index (χ0n) is 10.6. The van der Waals surface area contributed by atoms with Crippen molar-refractivity contribution in [1.82, 2.24) is 0 Å². The number of aryl methyl sites for hydroxylation is 1. The molecule has 1 aliphatic rings. The molecular weight excluding hydrogens is 244 g/mol. The molecule has 0 aromatic heterocycles. The van der Waals surface area contributed by atoms with Crippen LogP contribution in [0.2, 0.25) is 0 Å². The number of carbonyl (C=O) groups excluding carboxylic acids is 1. The van der Waals surface area contributed by atoms with E-state index in [9.17, 15) is 9.59 Å². The van der Waals surface area contributed by atoms with E-state index < -0.39 is 5.97 Å². The molecule has 0 heterocycles. The monoisotopic (exact) mass is 260 g/mol. The van der Waals surface area contributed by atoms with Crippen molar-refractivity contribution in [2.75, 3.05) is 5.32 Å². The lowest BCUT2D eigenvalue weighted by atomic mass is 10.1. The normalized spacial score (nSPS) is 21.4. The average Bonchev–Trinajstić information content (AvgIpc) is 2.78. The Labute approximate surface area is 111 Å². The van der Waals surface area contributed by atoms with Crippen molar-refractivity contribution in [1.29, 1.82) is 0 Å². The van der Waals surface area contributed by atoms with E-state index in [1.165, 1.54) is 12.1 Å². The van der Waals surface area contributed by atoms with Crippen LogP contribution in [-0.2, 0) is 4.79 Å². The smallest absolute Gasteiger partial charge is 0.335 e. The standard InChI is InChI=1S/C14H16N2O3/c1-8-6-10(14(18)19)3-5-12(8)16-13(17)9-2-4-11(15)7-9/h2-6,9,11H,7,15H2,1H3,(H,16,17)(H,18,19). The van der Waals surface area contributed by atoms with Gasteiger partial charge in [-0.15, -0.1) is 0 Å². The van der Waals surface area contributed by atoms with E-state index in [0.717, 1.165) is 5.56 Å². The van der Waals surface area contributed by atoms with Crippen LogP contribution in [0.5, 0.6) is 0 Å². The van der Waals surface area contributed by atoms with Crippen LogP contribution in [0, 0.1) is 12.8 Å². The Morgan fingerprint density at radius 1 is 1.37 bits per heavy atom. The summed E-state index contributed by atoms with van der Waals surface area (Å²) in [4.78, 5) is 22.8. The van der Waals surface area contributed by atoms with Crippen LogP contribution in [0.4, 0.5) is 5.69 Å². The van der Waals surface area contributed by atoms with Crippen LogP contribution in [0.15, 0.2) is 30.4 Å². The van der Waals surface area contributed by atoms with Gasteiger partial charge in [-0.05, 0) is 37.1 Å². The number of rotatable bonds is 3. The maximum Gasteiger partial charge on any atom is 0.335 e. The molecule has 19 heavy (non-hydrogen) atoms. The molecule has 4 N–H and O–H groups in total. The van der Waals surface area contributed by atoms with Gasteiger partial charge in [0.05, 0.1) is 11.5 Å². The van der Waals surface area contributed by atoms with Gasteiger partial charge in [-0.3, -0.25) is 4.79 Å². The predicted octanol–water partition coefficient (Wildman–Crippen LogP) is 1.54. The van der Waals surface area contributed by atoms with Crippen LogP contribution < -0.4 is 11.1 Å². The molecule has 1 aromatic rings. The Bertz CT molecular complexity index is 552. The molecule has 0 radical (unpaired) electrons. The number of amides is 1. The van der Waals surface area contributed by atoms with Gasteiger partial charge in [0.25, 0.3) is 0 Å². The van der Waals surface area contributed by atoms with Gasteiger partial charge in [0.2, 0.25) is 5.91 Å². The third kappa shape index (κ3) is 3.00. The highest BCUT2D eigenvalue weighted by molar-refractivity contribution is 5.95. The van der Waals surface area contributed by atoms with Gasteiger partial charge in [0.1, 0.15) is 0 Å². The fourth-order valence-corrected chi connectivity index (χ4v) is 2.08. The average molecular weight is 260 g/mol. The fraction of sp³-hybridized carbons (Fsp3) is 0.286. The molecule has 0 fully saturated rings. The Hall–Kier alpha value is -2.14. The van der Waals surface area contributed by atoms with Crippen molar-refractivity contribution in [3.05, 3.63) is 41.5 Å². The largest absolute Gasteiger partial charge is 0.478 e. The summed E-state index contributed by atoms with van der Waals surface area (Å²) in [5, 5.41) is 11.7. The topological polar surface area (TPSA) is 92.4 Å². The first-order chi connectivity index (χ1) is 8.97. The minimum absolute atomic E-state index is 0.0637. The number of carboxylic acids is 1. The van der Waals surface area contributed by atoms with Crippen LogP contribution >= 0.6 is 0 Å². The number of benzene rings is 1. The van der Waals surface area contributed by atoms with Gasteiger partial charge < -0.3 is 16.2 Å². The van der Waals surface area contributed by atoms with Gasteiger partial charge in [-0.2, -0.15) is 0 Å². The number of carboxylic acid groups (broad SMARTS) is 1. The van der Waals surface area contributed by atoms with Crippen molar-refractivity contribution in [2.45, 2.75) is 19.4 Å². The van der Waals surface area contributed by atoms with Crippen LogP contribution in [-0.4, -0.2) is 23.0 Å². The van der Waals surface area contributed by atoms with E-state index >= 15 is 0 Å². The van der Waals surface area contributed by atoms with Crippen LogP contribution in [0.3, 0.4) is 0 Å². The molecule has 2 atom stereocenters. The highest BCUT2D eigenvalue weighted by Gasteiger charge is 2.23. The summed E-state index contributed by atoms with van der Waals surface area (Å²) in [7, 11) is 0. The van der Waals surface area contributed by atoms with E-state index in [4.69, 9.17) is 10.8 Å². The number of hydrogen-bond donors (Lipinski definition) is 3. The van der Waals surface area contributed by atoms with Crippen LogP contribution in [0.1, 0.15) is 22.3 Å². The molecule has 1 aromatic carbocycles. The first kappa shape index (κ1) is 13.3. The molecular formula is C14H16N2O3. The number of nitrogens with two attached hydrogens (primary N) is 1. The molecule has 0 saturated heterocycles. The molecule has 0 spiro atoms. The third-order valence-corrected chi connectivity index (χ3v) is 3.18. The molecule has 2 unspecified atom stereocenters. The summed E-state index contributed by atoms with van der Waals surface area (Å²) in [6.45, 7) is 1.76. The lowest BCUT2D eigenvalue weighted by Crippen LogP contribution is -2.24. The highest BCUT2D eigenvalue weighted by Crippen LogP contribution is 2.21. The maximum atomic E-state index is 12.0. The van der Waals surface area contributed by atoms with Crippen molar-refractivity contribution < 1.29 is 14.7 Å². The Balaban J connectivity index is 2.09. The summed E-state index contributed by atoms with van der Waals surface area (Å²) in [6, 6.07) is 4.55. The number of aromatic carboxylic acids is 1. The SMILES string of the molecule is Cc1cc(C(=O)O)ccc1NC(=O)C1C=CC(N)C1. The summed E-state index contributed by atoms with van der Waals surface area (Å²) >= 11 is 0. The van der Waals surface area contributed by atoms with E-state index in [1.807, 2.05) is 6.08 Å². The van der Waals surface area contributed by atoms with Gasteiger partial charge in [0.15, 0.2) is 0 Å². The van der Waals surface area contributed by atoms with Crippen molar-refractivity contribution in [3.8, 4) is 0 Å². The molecule has 100 valence electrons. The predicted molar refractivity (Wildman–Crippen MR) is 72.0 cm³/mol. The lowest BCUT2D eigenvalue weighted by molar-refractivity contribution is -0.118. The van der Waals surface area contributed by atoms with Crippen LogP contribution in [0.25, 0.3) is 0 Å². The summed E-state index contributed by atoms with van der Waals surface area (Å²) < 4.78 is 0. The van der Waals surface area contributed by atoms with E-state index in [0.29, 0.717) is 12.1 Å². The maximum absolute atomic E-state index is 12.0. The number of carbonyl (C=O) groups is 2. The Kier molecular flexibility index (Phi) is 3.66. The molecule has 5 nitrogen and oxygen atoms in total. The van der Waals surface area contributed by atoms with Crippen molar-refractivity contribution in [3.63, 3.8) is 0 Å². The Morgan fingerprint density at radius 3 is 2.63 bits per heavy atom. The number of hydrogen-bond acceptors (Lipinski definition) is 3. The molecule has 5 heteroatoms. The first-order valence-corrected chi connectivity index (χ1v) is 6.06. The zero-order valence-corrected chi connectivity index (χ0v) is 10.6. The van der Waals surface area contributed by atoms with E-state index in [-0.39, 0.29) is 23.4 Å². The molecule has 0 saturated carbocycles. The van der Waals surface area contributed by atoms with E-state index in [2.05, 4.69) is 5.32 Å². The van der Waals surface area contributed by atoms with E-state index in [1.54, 1.807) is 19.1 Å².